The highest BCUT2D eigenvalue weighted by Gasteiger charge is 2.56. The molecule has 0 heterocycles. The molecule has 5 nitrogen and oxygen atoms in total. The highest BCUT2D eigenvalue weighted by molar-refractivity contribution is 6.31. The quantitative estimate of drug-likeness (QED) is 0.608. The van der Waals surface area contributed by atoms with Crippen molar-refractivity contribution in [3.63, 3.8) is 0 Å². The van der Waals surface area contributed by atoms with Crippen LogP contribution < -0.4 is 0 Å². The summed E-state index contributed by atoms with van der Waals surface area (Å²) in [4.78, 5) is 21.6. The van der Waals surface area contributed by atoms with E-state index in [4.69, 9.17) is 16.7 Å². The number of aliphatic carboxylic acids is 1. The first-order chi connectivity index (χ1) is 7.46. The smallest absolute Gasteiger partial charge is 0.318 e. The lowest BCUT2D eigenvalue weighted by molar-refractivity contribution is -0.563. The summed E-state index contributed by atoms with van der Waals surface area (Å²) >= 11 is 5.86. The maximum Gasteiger partial charge on any atom is 0.318 e. The molecular formula is C10H12ClNO4. The molecule has 0 aromatic carbocycles. The first-order valence-corrected chi connectivity index (χ1v) is 5.26. The van der Waals surface area contributed by atoms with Gasteiger partial charge in [-0.3, -0.25) is 14.9 Å². The predicted octanol–water partition coefficient (Wildman–Crippen LogP) is 2.20. The monoisotopic (exact) mass is 245 g/mol. The number of carboxylic acid groups (broad SMARTS) is 1. The molecule has 0 spiro atoms. The second-order valence-corrected chi connectivity index (χ2v) is 4.05. The molecule has 0 amide bonds. The predicted molar refractivity (Wildman–Crippen MR) is 58.8 cm³/mol. The lowest BCUT2D eigenvalue weighted by Gasteiger charge is -2.30. The molecule has 2 unspecified atom stereocenters. The zero-order chi connectivity index (χ0) is 12.3. The van der Waals surface area contributed by atoms with Crippen LogP contribution in [0.25, 0.3) is 0 Å². The third-order valence-corrected chi connectivity index (χ3v) is 3.15. The lowest BCUT2D eigenvalue weighted by Crippen LogP contribution is -2.49. The Balaban J connectivity index is 3.28. The van der Waals surface area contributed by atoms with Gasteiger partial charge in [-0.15, -0.1) is 0 Å². The van der Waals surface area contributed by atoms with E-state index in [2.05, 4.69) is 0 Å². The van der Waals surface area contributed by atoms with Gasteiger partial charge in [-0.1, -0.05) is 30.7 Å². The van der Waals surface area contributed by atoms with Gasteiger partial charge >= 0.3 is 5.97 Å². The molecule has 6 heteroatoms. The summed E-state index contributed by atoms with van der Waals surface area (Å²) in [7, 11) is 0. The maximum absolute atomic E-state index is 11.2. The number of carbonyl (C=O) groups is 1. The molecule has 1 aliphatic rings. The van der Waals surface area contributed by atoms with Crippen molar-refractivity contribution < 1.29 is 14.8 Å². The molecule has 0 aromatic rings. The van der Waals surface area contributed by atoms with Crippen LogP contribution in [0.15, 0.2) is 23.3 Å². The number of carboxylic acids is 1. The van der Waals surface area contributed by atoms with Crippen LogP contribution in [0.5, 0.6) is 0 Å². The van der Waals surface area contributed by atoms with Crippen molar-refractivity contribution >= 4 is 17.6 Å². The Morgan fingerprint density at radius 1 is 1.75 bits per heavy atom. The van der Waals surface area contributed by atoms with Crippen LogP contribution >= 0.6 is 11.6 Å². The van der Waals surface area contributed by atoms with Crippen molar-refractivity contribution in [1.29, 1.82) is 0 Å². The van der Waals surface area contributed by atoms with Crippen LogP contribution in [0, 0.1) is 16.0 Å². The van der Waals surface area contributed by atoms with Crippen LogP contribution in [-0.2, 0) is 4.79 Å². The average Bonchev–Trinajstić information content (AvgIpc) is 2.20. The molecule has 0 aliphatic heterocycles. The summed E-state index contributed by atoms with van der Waals surface area (Å²) in [6.07, 6.45) is 4.74. The van der Waals surface area contributed by atoms with Gasteiger partial charge in [0.15, 0.2) is 5.92 Å². The van der Waals surface area contributed by atoms with Crippen molar-refractivity contribution in [2.24, 2.45) is 5.92 Å². The number of rotatable bonds is 4. The van der Waals surface area contributed by atoms with E-state index in [1.807, 2.05) is 0 Å². The van der Waals surface area contributed by atoms with Crippen molar-refractivity contribution in [1.82, 2.24) is 0 Å². The highest BCUT2D eigenvalue weighted by Crippen LogP contribution is 2.40. The first-order valence-electron chi connectivity index (χ1n) is 4.88. The Kier molecular flexibility index (Phi) is 3.70. The standard InChI is InChI=1S/C10H12ClNO4/c1-2-6-10(12(15)16)7(9(13)14)4-3-5-8(10)11/h3-5,7H,2,6H2,1H3,(H,13,14). The third-order valence-electron chi connectivity index (χ3n) is 2.70. The lowest BCUT2D eigenvalue weighted by atomic mass is 9.77. The van der Waals surface area contributed by atoms with E-state index < -0.39 is 22.3 Å². The fraction of sp³-hybridized carbons (Fsp3) is 0.500. The van der Waals surface area contributed by atoms with Gasteiger partial charge in [0.1, 0.15) is 0 Å². The second kappa shape index (κ2) is 4.65. The van der Waals surface area contributed by atoms with Gasteiger partial charge in [-0.05, 0) is 12.5 Å². The topological polar surface area (TPSA) is 80.4 Å². The highest BCUT2D eigenvalue weighted by atomic mass is 35.5. The minimum atomic E-state index is -1.71. The SMILES string of the molecule is CCCC1([N+](=O)[O-])C(Cl)=CC=CC1C(=O)O. The van der Waals surface area contributed by atoms with E-state index in [0.717, 1.165) is 0 Å². The summed E-state index contributed by atoms with van der Waals surface area (Å²) in [5.41, 5.74) is -1.71. The number of hydrogen-bond donors (Lipinski definition) is 1. The van der Waals surface area contributed by atoms with E-state index in [9.17, 15) is 14.9 Å². The summed E-state index contributed by atoms with van der Waals surface area (Å²) in [5, 5.41) is 20.2. The zero-order valence-corrected chi connectivity index (χ0v) is 9.48. The van der Waals surface area contributed by atoms with E-state index in [1.54, 1.807) is 6.92 Å². The van der Waals surface area contributed by atoms with Crippen LogP contribution in [0.3, 0.4) is 0 Å². The molecule has 0 saturated heterocycles. The molecule has 0 radical (unpaired) electrons. The number of hydrogen-bond acceptors (Lipinski definition) is 3. The first kappa shape index (κ1) is 12.7. The Morgan fingerprint density at radius 2 is 2.38 bits per heavy atom. The van der Waals surface area contributed by atoms with Crippen molar-refractivity contribution in [2.45, 2.75) is 25.3 Å². The van der Waals surface area contributed by atoms with Gasteiger partial charge in [0.05, 0.1) is 5.03 Å². The molecule has 1 rings (SSSR count). The summed E-state index contributed by atoms with van der Waals surface area (Å²) in [5.74, 6) is -2.44. The molecule has 88 valence electrons. The van der Waals surface area contributed by atoms with E-state index >= 15 is 0 Å². The number of halogens is 1. The van der Waals surface area contributed by atoms with E-state index in [-0.39, 0.29) is 11.5 Å². The average molecular weight is 246 g/mol. The van der Waals surface area contributed by atoms with Gasteiger partial charge < -0.3 is 5.11 Å². The van der Waals surface area contributed by atoms with Crippen LogP contribution in [0.4, 0.5) is 0 Å². The molecule has 1 N–H and O–H groups in total. The van der Waals surface area contributed by atoms with E-state index in [1.165, 1.54) is 18.2 Å². The van der Waals surface area contributed by atoms with Gasteiger partial charge in [0, 0.05) is 11.3 Å². The van der Waals surface area contributed by atoms with Crippen LogP contribution in [0.1, 0.15) is 19.8 Å². The molecule has 0 bridgehead atoms. The molecule has 2 atom stereocenters. The van der Waals surface area contributed by atoms with E-state index in [0.29, 0.717) is 6.42 Å². The molecule has 0 fully saturated rings. The van der Waals surface area contributed by atoms with Crippen molar-refractivity contribution in [2.75, 3.05) is 0 Å². The van der Waals surface area contributed by atoms with Crippen LogP contribution in [0.2, 0.25) is 0 Å². The molecule has 1 aliphatic carbocycles. The van der Waals surface area contributed by atoms with Gasteiger partial charge in [0.25, 0.3) is 5.54 Å². The Bertz CT molecular complexity index is 377. The zero-order valence-electron chi connectivity index (χ0n) is 8.72. The minimum absolute atomic E-state index is 0.0192. The normalized spacial score (nSPS) is 28.6. The third kappa shape index (κ3) is 1.82. The summed E-state index contributed by atoms with van der Waals surface area (Å²) < 4.78 is 0. The molecule has 0 saturated carbocycles. The molecule has 0 aromatic heterocycles. The number of allylic oxidation sites excluding steroid dienone is 2. The minimum Gasteiger partial charge on any atom is -0.481 e. The van der Waals surface area contributed by atoms with Crippen LogP contribution in [-0.4, -0.2) is 21.5 Å². The van der Waals surface area contributed by atoms with Crippen molar-refractivity contribution in [3.05, 3.63) is 33.4 Å². The Morgan fingerprint density at radius 3 is 2.81 bits per heavy atom. The summed E-state index contributed by atoms with van der Waals surface area (Å²) in [6, 6.07) is 0. The van der Waals surface area contributed by atoms with Gasteiger partial charge in [-0.25, -0.2) is 0 Å². The Labute approximate surface area is 97.6 Å². The molecular weight excluding hydrogens is 234 g/mol. The fourth-order valence-corrected chi connectivity index (χ4v) is 2.29. The number of nitrogens with zero attached hydrogens (tertiary/aromatic N) is 1. The van der Waals surface area contributed by atoms with Gasteiger partial charge in [0.2, 0.25) is 0 Å². The Hall–Kier alpha value is -1.36. The number of nitro groups is 1. The summed E-state index contributed by atoms with van der Waals surface area (Å²) in [6.45, 7) is 1.76. The largest absolute Gasteiger partial charge is 0.481 e. The maximum atomic E-state index is 11.2. The molecule has 16 heavy (non-hydrogen) atoms. The van der Waals surface area contributed by atoms with Gasteiger partial charge in [-0.2, -0.15) is 0 Å². The second-order valence-electron chi connectivity index (χ2n) is 3.65. The fourth-order valence-electron chi connectivity index (χ4n) is 1.94. The van der Waals surface area contributed by atoms with Crippen molar-refractivity contribution in [3.8, 4) is 0 Å².